The zero-order chi connectivity index (χ0) is 13.9. The van der Waals surface area contributed by atoms with Crippen LogP contribution in [0, 0.1) is 0 Å². The van der Waals surface area contributed by atoms with Crippen molar-refractivity contribution in [2.45, 2.75) is 0 Å². The topological polar surface area (TPSA) is 33.7 Å². The number of fused-ring (bicyclic) bond motifs is 1. The van der Waals surface area contributed by atoms with Gasteiger partial charge in [-0.25, -0.2) is 0 Å². The van der Waals surface area contributed by atoms with E-state index in [1.807, 2.05) is 36.4 Å². The molecule has 0 atom stereocenters. The van der Waals surface area contributed by atoms with E-state index in [4.69, 9.17) is 9.47 Å². The highest BCUT2D eigenvalue weighted by Gasteiger charge is 2.18. The van der Waals surface area contributed by atoms with E-state index in [-0.39, 0.29) is 0 Å². The molecule has 1 aliphatic rings. The molecule has 1 aliphatic heterocycles. The number of nitrogens with one attached hydrogen (secondary N) is 1. The minimum atomic E-state index is 0.702. The van der Waals surface area contributed by atoms with Crippen LogP contribution in [0.3, 0.4) is 0 Å². The van der Waals surface area contributed by atoms with Crippen LogP contribution in [0.15, 0.2) is 42.5 Å². The van der Waals surface area contributed by atoms with Crippen molar-refractivity contribution in [3.05, 3.63) is 42.5 Å². The van der Waals surface area contributed by atoms with Gasteiger partial charge in [0.2, 0.25) is 0 Å². The van der Waals surface area contributed by atoms with Crippen molar-refractivity contribution in [2.24, 2.45) is 0 Å². The molecule has 0 fully saturated rings. The van der Waals surface area contributed by atoms with E-state index in [2.05, 4.69) is 23.3 Å². The van der Waals surface area contributed by atoms with Crippen molar-refractivity contribution >= 4 is 17.1 Å². The van der Waals surface area contributed by atoms with E-state index in [1.165, 1.54) is 0 Å². The van der Waals surface area contributed by atoms with Gasteiger partial charge < -0.3 is 19.7 Å². The zero-order valence-corrected chi connectivity index (χ0v) is 11.7. The van der Waals surface area contributed by atoms with E-state index < -0.39 is 0 Å². The molecule has 0 aromatic heterocycles. The number of hydrogen-bond donors (Lipinski definition) is 1. The van der Waals surface area contributed by atoms with E-state index in [0.29, 0.717) is 6.61 Å². The summed E-state index contributed by atoms with van der Waals surface area (Å²) >= 11 is 0. The summed E-state index contributed by atoms with van der Waals surface area (Å²) in [7, 11) is 3.75. The van der Waals surface area contributed by atoms with Crippen LogP contribution in [-0.2, 0) is 0 Å². The van der Waals surface area contributed by atoms with Gasteiger partial charge in [-0.3, -0.25) is 0 Å². The second kappa shape index (κ2) is 5.33. The number of methoxy groups -OCH3 is 1. The van der Waals surface area contributed by atoms with E-state index in [0.717, 1.165) is 35.1 Å². The van der Waals surface area contributed by atoms with Crippen LogP contribution in [-0.4, -0.2) is 27.3 Å². The molecule has 1 N–H and O–H groups in total. The maximum absolute atomic E-state index is 5.83. The predicted octanol–water partition coefficient (Wildman–Crippen LogP) is 3.27. The smallest absolute Gasteiger partial charge is 0.166 e. The third-order valence-corrected chi connectivity index (χ3v) is 3.45. The lowest BCUT2D eigenvalue weighted by molar-refractivity contribution is 0.313. The van der Waals surface area contributed by atoms with Crippen LogP contribution in [0.4, 0.5) is 17.1 Å². The molecule has 20 heavy (non-hydrogen) atoms. The van der Waals surface area contributed by atoms with Gasteiger partial charge in [0.1, 0.15) is 12.4 Å². The molecule has 3 rings (SSSR count). The highest BCUT2D eigenvalue weighted by atomic mass is 16.5. The maximum atomic E-state index is 5.83. The van der Waals surface area contributed by atoms with Crippen LogP contribution >= 0.6 is 0 Å². The van der Waals surface area contributed by atoms with Crippen molar-refractivity contribution < 1.29 is 9.47 Å². The van der Waals surface area contributed by atoms with E-state index in [1.54, 1.807) is 7.11 Å². The molecule has 4 nitrogen and oxygen atoms in total. The number of likely N-dealkylation sites (N-methyl/N-ethyl adjacent to an activating group) is 1. The van der Waals surface area contributed by atoms with Crippen LogP contribution in [0.1, 0.15) is 0 Å². The largest absolute Gasteiger partial charge is 0.495 e. The number of ether oxygens (including phenoxy) is 2. The summed E-state index contributed by atoms with van der Waals surface area (Å²) in [5, 5.41) is 3.40. The minimum absolute atomic E-state index is 0.702. The number of hydrogen-bond acceptors (Lipinski definition) is 4. The number of benzene rings is 2. The Bertz CT molecular complexity index is 613. The molecule has 0 amide bonds. The Labute approximate surface area is 118 Å². The molecule has 0 spiro atoms. The van der Waals surface area contributed by atoms with Gasteiger partial charge in [0.25, 0.3) is 0 Å². The molecule has 104 valence electrons. The molecule has 0 radical (unpaired) electrons. The maximum Gasteiger partial charge on any atom is 0.166 e. The van der Waals surface area contributed by atoms with Gasteiger partial charge in [0.05, 0.1) is 30.7 Å². The molecule has 2 aromatic rings. The number of nitrogens with zero attached hydrogens (tertiary/aromatic N) is 1. The first-order valence-corrected chi connectivity index (χ1v) is 6.66. The average Bonchev–Trinajstić information content (AvgIpc) is 2.49. The zero-order valence-electron chi connectivity index (χ0n) is 11.7. The number of anilines is 3. The first-order chi connectivity index (χ1) is 9.79. The first kappa shape index (κ1) is 12.7. The Hall–Kier alpha value is -2.36. The quantitative estimate of drug-likeness (QED) is 0.928. The third-order valence-electron chi connectivity index (χ3n) is 3.45. The fourth-order valence-electron chi connectivity index (χ4n) is 2.37. The summed E-state index contributed by atoms with van der Waals surface area (Å²) < 4.78 is 11.2. The summed E-state index contributed by atoms with van der Waals surface area (Å²) in [6, 6.07) is 14.0. The van der Waals surface area contributed by atoms with Gasteiger partial charge in [0.15, 0.2) is 5.75 Å². The van der Waals surface area contributed by atoms with Gasteiger partial charge in [-0.2, -0.15) is 0 Å². The Morgan fingerprint density at radius 1 is 1.10 bits per heavy atom. The van der Waals surface area contributed by atoms with Crippen LogP contribution in [0.25, 0.3) is 0 Å². The molecular weight excluding hydrogens is 252 g/mol. The summed E-state index contributed by atoms with van der Waals surface area (Å²) in [5.41, 5.74) is 3.00. The number of para-hydroxylation sites is 3. The monoisotopic (exact) mass is 270 g/mol. The average molecular weight is 270 g/mol. The second-order valence-corrected chi connectivity index (χ2v) is 4.75. The van der Waals surface area contributed by atoms with Gasteiger partial charge in [0, 0.05) is 7.05 Å². The van der Waals surface area contributed by atoms with E-state index in [9.17, 15) is 0 Å². The molecule has 4 heteroatoms. The summed E-state index contributed by atoms with van der Waals surface area (Å²) in [4.78, 5) is 2.20. The van der Waals surface area contributed by atoms with Gasteiger partial charge in [-0.1, -0.05) is 18.2 Å². The van der Waals surface area contributed by atoms with Crippen LogP contribution < -0.4 is 19.7 Å². The molecular formula is C16H18N2O2. The Morgan fingerprint density at radius 2 is 1.90 bits per heavy atom. The van der Waals surface area contributed by atoms with E-state index >= 15 is 0 Å². The van der Waals surface area contributed by atoms with Gasteiger partial charge in [-0.15, -0.1) is 0 Å². The van der Waals surface area contributed by atoms with Crippen LogP contribution in [0.5, 0.6) is 11.5 Å². The van der Waals surface area contributed by atoms with Gasteiger partial charge >= 0.3 is 0 Å². The molecule has 0 saturated carbocycles. The first-order valence-electron chi connectivity index (χ1n) is 6.66. The Balaban J connectivity index is 1.97. The SMILES string of the molecule is COc1ccccc1Nc1cccc2c1OCCN2C. The normalized spacial score (nSPS) is 13.4. The predicted molar refractivity (Wildman–Crippen MR) is 81.5 cm³/mol. The molecule has 0 saturated heterocycles. The van der Waals surface area contributed by atoms with Crippen molar-refractivity contribution in [2.75, 3.05) is 37.5 Å². The molecule has 0 unspecified atom stereocenters. The van der Waals surface area contributed by atoms with Crippen molar-refractivity contribution in [3.8, 4) is 11.5 Å². The molecule has 0 bridgehead atoms. The molecule has 0 aliphatic carbocycles. The lowest BCUT2D eigenvalue weighted by Crippen LogP contribution is -2.29. The van der Waals surface area contributed by atoms with Crippen LogP contribution in [0.2, 0.25) is 0 Å². The standard InChI is InChI=1S/C16H18N2O2/c1-18-10-11-20-16-13(7-5-8-14(16)18)17-12-6-3-4-9-15(12)19-2/h3-9,17H,10-11H2,1-2H3. The van der Waals surface area contributed by atoms with Gasteiger partial charge in [-0.05, 0) is 24.3 Å². The Kier molecular flexibility index (Phi) is 3.37. The van der Waals surface area contributed by atoms with Crippen molar-refractivity contribution in [1.29, 1.82) is 0 Å². The van der Waals surface area contributed by atoms with Crippen molar-refractivity contribution in [3.63, 3.8) is 0 Å². The molecule has 1 heterocycles. The number of rotatable bonds is 3. The highest BCUT2D eigenvalue weighted by molar-refractivity contribution is 5.78. The summed E-state index contributed by atoms with van der Waals surface area (Å²) in [5.74, 6) is 1.71. The fourth-order valence-corrected chi connectivity index (χ4v) is 2.37. The second-order valence-electron chi connectivity index (χ2n) is 4.75. The van der Waals surface area contributed by atoms with Crippen molar-refractivity contribution in [1.82, 2.24) is 0 Å². The summed E-state index contributed by atoms with van der Waals surface area (Å²) in [6.07, 6.45) is 0. The fraction of sp³-hybridized carbons (Fsp3) is 0.250. The lowest BCUT2D eigenvalue weighted by Gasteiger charge is -2.29. The highest BCUT2D eigenvalue weighted by Crippen LogP contribution is 2.40. The molecule has 2 aromatic carbocycles. The third kappa shape index (κ3) is 2.25. The Morgan fingerprint density at radius 3 is 2.75 bits per heavy atom. The minimum Gasteiger partial charge on any atom is -0.495 e. The summed E-state index contributed by atoms with van der Waals surface area (Å²) in [6.45, 7) is 1.61. The lowest BCUT2D eigenvalue weighted by atomic mass is 10.2.